The third kappa shape index (κ3) is 7.85. The van der Waals surface area contributed by atoms with Gasteiger partial charge in [0.25, 0.3) is 11.8 Å². The molecule has 6 aromatic carbocycles. The number of aliphatic hydroxyl groups is 1. The van der Waals surface area contributed by atoms with Gasteiger partial charge in [0, 0.05) is 48.4 Å². The van der Waals surface area contributed by atoms with E-state index in [4.69, 9.17) is 4.74 Å². The highest BCUT2D eigenvalue weighted by Crippen LogP contribution is 2.60. The number of carbonyl (C=O) groups excluding carboxylic acids is 2. The lowest BCUT2D eigenvalue weighted by Crippen LogP contribution is -2.37. The molecule has 3 fully saturated rings. The third-order valence-corrected chi connectivity index (χ3v) is 13.0. The molecule has 2 amide bonds. The second kappa shape index (κ2) is 16.0. The molecule has 1 heterocycles. The highest BCUT2D eigenvalue weighted by Gasteiger charge is 2.58. The number of aliphatic hydroxyl groups excluding tert-OH is 1. The van der Waals surface area contributed by atoms with Gasteiger partial charge in [0.05, 0.1) is 17.2 Å². The zero-order chi connectivity index (χ0) is 41.6. The van der Waals surface area contributed by atoms with Gasteiger partial charge in [-0.25, -0.2) is 0 Å². The van der Waals surface area contributed by atoms with Crippen LogP contribution in [0.2, 0.25) is 0 Å². The van der Waals surface area contributed by atoms with Crippen LogP contribution in [-0.2, 0) is 11.1 Å². The summed E-state index contributed by atoms with van der Waals surface area (Å²) in [5.74, 6) is 0.510. The van der Waals surface area contributed by atoms with Gasteiger partial charge < -0.3 is 36.0 Å². The Labute approximate surface area is 352 Å². The fourth-order valence-electron chi connectivity index (χ4n) is 9.32. The molecule has 9 heteroatoms. The van der Waals surface area contributed by atoms with Crippen molar-refractivity contribution in [3.8, 4) is 5.75 Å². The number of likely N-dealkylation sites (N-methyl/N-ethyl adjacent to an activating group) is 1. The molecule has 6 aromatic rings. The average molecular weight is 802 g/mol. The molecule has 0 bridgehead atoms. The SMILES string of the molecule is Cc1ccc(OC[C@H]2C[C@H](O)CN2)cc1C(=O)NC1(c2cccc3cc(C4CC4(NC(=O)c4cc(NCCN(C)C)ccc4C)c4cccc5ccccc45)ccc23)CC1. The summed E-state index contributed by atoms with van der Waals surface area (Å²) in [5, 5.41) is 28.2. The molecule has 3 aliphatic rings. The van der Waals surface area contributed by atoms with Gasteiger partial charge in [-0.2, -0.15) is 0 Å². The fourth-order valence-corrected chi connectivity index (χ4v) is 9.32. The van der Waals surface area contributed by atoms with E-state index in [1.54, 1.807) is 0 Å². The molecule has 1 aliphatic heterocycles. The summed E-state index contributed by atoms with van der Waals surface area (Å²) in [6, 6.07) is 39.7. The molecule has 0 radical (unpaired) electrons. The molecule has 9 rings (SSSR count). The summed E-state index contributed by atoms with van der Waals surface area (Å²) in [4.78, 5) is 30.6. The van der Waals surface area contributed by atoms with Crippen LogP contribution >= 0.6 is 0 Å². The van der Waals surface area contributed by atoms with Crippen LogP contribution in [0.1, 0.15) is 80.1 Å². The van der Waals surface area contributed by atoms with Gasteiger partial charge in [-0.3, -0.25) is 9.59 Å². The average Bonchev–Trinajstić information content (AvgIpc) is 4.15. The maximum Gasteiger partial charge on any atom is 0.252 e. The van der Waals surface area contributed by atoms with E-state index in [2.05, 4.69) is 119 Å². The minimum Gasteiger partial charge on any atom is -0.492 e. The first-order valence-corrected chi connectivity index (χ1v) is 21.3. The summed E-state index contributed by atoms with van der Waals surface area (Å²) in [5.41, 5.74) is 6.39. The van der Waals surface area contributed by atoms with Crippen molar-refractivity contribution in [2.24, 2.45) is 0 Å². The van der Waals surface area contributed by atoms with E-state index < -0.39 is 11.1 Å². The zero-order valence-corrected chi connectivity index (χ0v) is 35.0. The topological polar surface area (TPSA) is 115 Å². The number of ether oxygens (including phenoxy) is 1. The van der Waals surface area contributed by atoms with Crippen LogP contribution in [-0.4, -0.2) is 74.3 Å². The maximum absolute atomic E-state index is 14.4. The number of rotatable bonds is 14. The number of aryl methyl sites for hydroxylation is 2. The molecule has 0 spiro atoms. The van der Waals surface area contributed by atoms with Crippen LogP contribution in [0.5, 0.6) is 5.75 Å². The van der Waals surface area contributed by atoms with Crippen LogP contribution in [0.25, 0.3) is 21.5 Å². The molecular formula is C51H55N5O4. The molecule has 5 N–H and O–H groups in total. The maximum atomic E-state index is 14.4. The summed E-state index contributed by atoms with van der Waals surface area (Å²) in [7, 11) is 4.10. The molecule has 2 saturated carbocycles. The van der Waals surface area contributed by atoms with Crippen molar-refractivity contribution in [2.45, 2.75) is 68.7 Å². The molecular weight excluding hydrogens is 747 g/mol. The molecule has 2 aliphatic carbocycles. The Kier molecular flexibility index (Phi) is 10.6. The van der Waals surface area contributed by atoms with E-state index in [1.807, 2.05) is 50.2 Å². The van der Waals surface area contributed by atoms with Gasteiger partial charge in [0.15, 0.2) is 0 Å². The van der Waals surface area contributed by atoms with Gasteiger partial charge in [-0.15, -0.1) is 0 Å². The largest absolute Gasteiger partial charge is 0.492 e. The first-order chi connectivity index (χ1) is 29.0. The number of anilines is 1. The van der Waals surface area contributed by atoms with E-state index in [0.29, 0.717) is 36.4 Å². The van der Waals surface area contributed by atoms with Crippen molar-refractivity contribution in [1.82, 2.24) is 20.9 Å². The Balaban J connectivity index is 0.987. The number of carbonyl (C=O) groups is 2. The molecule has 1 saturated heterocycles. The Morgan fingerprint density at radius 1 is 0.783 bits per heavy atom. The van der Waals surface area contributed by atoms with Crippen molar-refractivity contribution in [3.05, 3.63) is 154 Å². The standard InChI is InChI=1S/C51H55N5O4/c1-32-15-18-37(52-23-24-56(3)4)27-43(32)49(59)55-51(46-14-7-10-34-9-5-6-12-41(34)46)29-47(51)36-17-20-42-35(25-36)11-8-13-45(42)50(21-22-50)54-48(58)44-28-40(19-16-33(44)2)60-31-38-26-39(57)30-53-38/h5-20,25,27-28,38-39,47,52-53,57H,21-24,26,29-31H2,1-4H3,(H,54,58)(H,55,59)/t38-,39+,47?,51?/m1/s1. The van der Waals surface area contributed by atoms with Gasteiger partial charge in [0.1, 0.15) is 12.4 Å². The third-order valence-electron chi connectivity index (χ3n) is 13.0. The summed E-state index contributed by atoms with van der Waals surface area (Å²) < 4.78 is 6.06. The lowest BCUT2D eigenvalue weighted by atomic mass is 9.91. The highest BCUT2D eigenvalue weighted by atomic mass is 16.5. The van der Waals surface area contributed by atoms with Crippen molar-refractivity contribution in [3.63, 3.8) is 0 Å². The number of benzene rings is 6. The van der Waals surface area contributed by atoms with Gasteiger partial charge in [-0.05, 0) is 127 Å². The number of fused-ring (bicyclic) bond motifs is 2. The van der Waals surface area contributed by atoms with Crippen LogP contribution in [0.4, 0.5) is 5.69 Å². The lowest BCUT2D eigenvalue weighted by molar-refractivity contribution is 0.0920. The van der Waals surface area contributed by atoms with Crippen molar-refractivity contribution in [1.29, 1.82) is 0 Å². The smallest absolute Gasteiger partial charge is 0.252 e. The predicted molar refractivity (Wildman–Crippen MR) is 240 cm³/mol. The molecule has 60 heavy (non-hydrogen) atoms. The Hall–Kier alpha value is -5.74. The summed E-state index contributed by atoms with van der Waals surface area (Å²) in [6.07, 6.45) is 2.79. The zero-order valence-electron chi connectivity index (χ0n) is 35.0. The van der Waals surface area contributed by atoms with Crippen LogP contribution in [0, 0.1) is 13.8 Å². The van der Waals surface area contributed by atoms with Crippen molar-refractivity contribution < 1.29 is 19.4 Å². The molecule has 308 valence electrons. The quantitative estimate of drug-likeness (QED) is 0.0761. The van der Waals surface area contributed by atoms with Crippen molar-refractivity contribution >= 4 is 39.0 Å². The highest BCUT2D eigenvalue weighted by molar-refractivity contribution is 5.99. The minimum atomic E-state index is -0.597. The monoisotopic (exact) mass is 801 g/mol. The summed E-state index contributed by atoms with van der Waals surface area (Å²) >= 11 is 0. The minimum absolute atomic E-state index is 0.0589. The van der Waals surface area contributed by atoms with Crippen LogP contribution < -0.4 is 26.0 Å². The van der Waals surface area contributed by atoms with E-state index in [0.717, 1.165) is 81.8 Å². The van der Waals surface area contributed by atoms with E-state index in [9.17, 15) is 14.7 Å². The predicted octanol–water partition coefficient (Wildman–Crippen LogP) is 7.92. The second-order valence-electron chi connectivity index (χ2n) is 17.6. The second-order valence-corrected chi connectivity index (χ2v) is 17.6. The Morgan fingerprint density at radius 2 is 1.48 bits per heavy atom. The van der Waals surface area contributed by atoms with Gasteiger partial charge in [-0.1, -0.05) is 91.0 Å². The van der Waals surface area contributed by atoms with E-state index in [-0.39, 0.29) is 29.9 Å². The van der Waals surface area contributed by atoms with Gasteiger partial charge in [0.2, 0.25) is 0 Å². The molecule has 9 nitrogen and oxygen atoms in total. The molecule has 0 aromatic heterocycles. The normalized spacial score (nSPS) is 21.5. The number of hydrogen-bond donors (Lipinski definition) is 5. The first-order valence-electron chi connectivity index (χ1n) is 21.3. The Morgan fingerprint density at radius 3 is 2.25 bits per heavy atom. The lowest BCUT2D eigenvalue weighted by Gasteiger charge is -2.24. The fraction of sp³-hybridized carbons (Fsp3) is 0.333. The Bertz CT molecular complexity index is 2600. The number of hydrogen-bond acceptors (Lipinski definition) is 7. The number of nitrogens with zero attached hydrogens (tertiary/aromatic N) is 1. The number of nitrogens with one attached hydrogen (secondary N) is 4. The van der Waals surface area contributed by atoms with Crippen LogP contribution in [0.3, 0.4) is 0 Å². The van der Waals surface area contributed by atoms with Gasteiger partial charge >= 0.3 is 0 Å². The molecule has 4 atom stereocenters. The number of β-amino-alcohol motifs (C(OH)–C–C–N with tert-alkyl or cyclic N) is 1. The van der Waals surface area contributed by atoms with Crippen LogP contribution in [0.15, 0.2) is 115 Å². The van der Waals surface area contributed by atoms with E-state index >= 15 is 0 Å². The van der Waals surface area contributed by atoms with E-state index in [1.165, 1.54) is 5.56 Å². The number of amides is 2. The van der Waals surface area contributed by atoms with Crippen molar-refractivity contribution in [2.75, 3.05) is 45.7 Å². The summed E-state index contributed by atoms with van der Waals surface area (Å²) in [6.45, 7) is 6.63. The molecule has 2 unspecified atom stereocenters. The first kappa shape index (κ1) is 39.7.